The fourth-order valence-electron chi connectivity index (χ4n) is 3.50. The van der Waals surface area contributed by atoms with Crippen LogP contribution in [0.15, 0.2) is 89.7 Å². The molecule has 3 aromatic carbocycles. The van der Waals surface area contributed by atoms with E-state index in [-0.39, 0.29) is 5.56 Å². The van der Waals surface area contributed by atoms with Crippen LogP contribution >= 0.6 is 23.2 Å². The predicted molar refractivity (Wildman–Crippen MR) is 126 cm³/mol. The van der Waals surface area contributed by atoms with Gasteiger partial charge in [-0.3, -0.25) is 4.79 Å². The molecule has 5 rings (SSSR count). The fourth-order valence-corrected chi connectivity index (χ4v) is 3.75. The molecule has 0 atom stereocenters. The maximum absolute atomic E-state index is 13.1. The van der Waals surface area contributed by atoms with E-state index in [0.717, 1.165) is 22.3 Å². The van der Waals surface area contributed by atoms with E-state index in [1.165, 1.54) is 0 Å². The van der Waals surface area contributed by atoms with Crippen molar-refractivity contribution in [2.75, 3.05) is 0 Å². The van der Waals surface area contributed by atoms with Gasteiger partial charge in [0, 0.05) is 26.7 Å². The molecule has 31 heavy (non-hydrogen) atoms. The summed E-state index contributed by atoms with van der Waals surface area (Å²) in [5.41, 5.74) is 4.16. The van der Waals surface area contributed by atoms with Gasteiger partial charge in [-0.1, -0.05) is 65.7 Å². The van der Waals surface area contributed by atoms with Crippen LogP contribution in [0, 0.1) is 0 Å². The van der Waals surface area contributed by atoms with Crippen molar-refractivity contribution in [3.05, 3.63) is 105 Å². The highest BCUT2D eigenvalue weighted by Crippen LogP contribution is 2.31. The number of nitrogens with zero attached hydrogens (tertiary/aromatic N) is 2. The van der Waals surface area contributed by atoms with Crippen molar-refractivity contribution in [2.45, 2.75) is 0 Å². The van der Waals surface area contributed by atoms with Crippen LogP contribution in [0.2, 0.25) is 10.0 Å². The average Bonchev–Trinajstić information content (AvgIpc) is 2.80. The van der Waals surface area contributed by atoms with Crippen LogP contribution in [-0.2, 0) is 0 Å². The molecular weight excluding hydrogens is 429 g/mol. The lowest BCUT2D eigenvalue weighted by Gasteiger charge is -2.11. The van der Waals surface area contributed by atoms with Gasteiger partial charge in [-0.05, 0) is 48.0 Å². The van der Waals surface area contributed by atoms with Crippen LogP contribution < -0.4 is 5.56 Å². The third-order valence-electron chi connectivity index (χ3n) is 5.02. The zero-order valence-electron chi connectivity index (χ0n) is 16.1. The van der Waals surface area contributed by atoms with E-state index >= 15 is 0 Å². The lowest BCUT2D eigenvalue weighted by Crippen LogP contribution is -2.12. The Kier molecular flexibility index (Phi) is 5.02. The highest BCUT2D eigenvalue weighted by atomic mass is 35.5. The van der Waals surface area contributed by atoms with Gasteiger partial charge in [0.25, 0.3) is 5.56 Å². The average molecular weight is 444 g/mol. The van der Waals surface area contributed by atoms with Crippen LogP contribution in [0.3, 0.4) is 0 Å². The van der Waals surface area contributed by atoms with Crippen molar-refractivity contribution >= 4 is 34.2 Å². The minimum Gasteiger partial charge on any atom is -0.306 e. The van der Waals surface area contributed by atoms with Crippen molar-refractivity contribution in [1.29, 1.82) is 0 Å². The van der Waals surface area contributed by atoms with Crippen LogP contribution in [0.4, 0.5) is 0 Å². The third kappa shape index (κ3) is 3.83. The number of benzene rings is 3. The number of hydrogen-bond acceptors (Lipinski definition) is 3. The number of halogens is 2. The minimum absolute atomic E-state index is 0.246. The summed E-state index contributed by atoms with van der Waals surface area (Å²) in [6.45, 7) is 0. The Labute approximate surface area is 188 Å². The van der Waals surface area contributed by atoms with E-state index in [2.05, 4.69) is 4.98 Å². The molecule has 6 heteroatoms. The summed E-state index contributed by atoms with van der Waals surface area (Å²) >= 11 is 12.1. The summed E-state index contributed by atoms with van der Waals surface area (Å²) in [5.74, 6) is 0.439. The normalized spacial score (nSPS) is 11.0. The largest absolute Gasteiger partial charge is 0.306 e. The molecule has 2 aromatic heterocycles. The smallest absolute Gasteiger partial charge is 0.261 e. The standard InChI is InChI=1S/C25H15Cl2N3O/c26-18-10-6-16(7-11-18)21-14-20(15-4-2-1-3-5-15)22-24(28-21)29-23(30-25(22)31)17-8-12-19(27)13-9-17/h1-14H,(H,28,29,30,31). The van der Waals surface area contributed by atoms with Gasteiger partial charge in [0.15, 0.2) is 5.65 Å². The van der Waals surface area contributed by atoms with E-state index < -0.39 is 0 Å². The second-order valence-corrected chi connectivity index (χ2v) is 7.92. The lowest BCUT2D eigenvalue weighted by atomic mass is 10.00. The van der Waals surface area contributed by atoms with Crippen LogP contribution in [-0.4, -0.2) is 15.0 Å². The summed E-state index contributed by atoms with van der Waals surface area (Å²) in [5, 5.41) is 1.70. The topological polar surface area (TPSA) is 58.6 Å². The highest BCUT2D eigenvalue weighted by Gasteiger charge is 2.15. The molecule has 150 valence electrons. The predicted octanol–water partition coefficient (Wildman–Crippen LogP) is 6.63. The summed E-state index contributed by atoms with van der Waals surface area (Å²) < 4.78 is 0. The Hall–Kier alpha value is -3.47. The molecule has 0 aliphatic heterocycles. The Morgan fingerprint density at radius 2 is 1.29 bits per heavy atom. The summed E-state index contributed by atoms with van der Waals surface area (Å²) in [7, 11) is 0. The lowest BCUT2D eigenvalue weighted by molar-refractivity contribution is 1.15. The van der Waals surface area contributed by atoms with Gasteiger partial charge >= 0.3 is 0 Å². The maximum Gasteiger partial charge on any atom is 0.261 e. The first-order valence-electron chi connectivity index (χ1n) is 9.61. The van der Waals surface area contributed by atoms with Gasteiger partial charge in [-0.2, -0.15) is 0 Å². The third-order valence-corrected chi connectivity index (χ3v) is 5.52. The van der Waals surface area contributed by atoms with E-state index in [1.54, 1.807) is 12.1 Å². The van der Waals surface area contributed by atoms with Gasteiger partial charge < -0.3 is 4.98 Å². The van der Waals surface area contributed by atoms with Gasteiger partial charge in [0.1, 0.15) is 5.82 Å². The van der Waals surface area contributed by atoms with E-state index in [1.807, 2.05) is 72.8 Å². The van der Waals surface area contributed by atoms with Crippen molar-refractivity contribution < 1.29 is 0 Å². The Bertz CT molecular complexity index is 1440. The first-order chi connectivity index (χ1) is 15.1. The number of nitrogens with one attached hydrogen (secondary N) is 1. The molecule has 4 nitrogen and oxygen atoms in total. The molecule has 2 heterocycles. The zero-order valence-corrected chi connectivity index (χ0v) is 17.7. The Morgan fingerprint density at radius 3 is 1.94 bits per heavy atom. The highest BCUT2D eigenvalue weighted by molar-refractivity contribution is 6.30. The van der Waals surface area contributed by atoms with Gasteiger partial charge in [0.05, 0.1) is 11.1 Å². The zero-order chi connectivity index (χ0) is 21.4. The van der Waals surface area contributed by atoms with Crippen molar-refractivity contribution in [2.24, 2.45) is 0 Å². The summed E-state index contributed by atoms with van der Waals surface area (Å²) in [4.78, 5) is 25.5. The first-order valence-corrected chi connectivity index (χ1v) is 10.4. The molecule has 0 saturated carbocycles. The van der Waals surface area contributed by atoms with Crippen molar-refractivity contribution in [3.63, 3.8) is 0 Å². The summed E-state index contributed by atoms with van der Waals surface area (Å²) in [6.07, 6.45) is 0. The van der Waals surface area contributed by atoms with E-state index in [9.17, 15) is 4.79 Å². The molecule has 0 fully saturated rings. The first kappa shape index (κ1) is 19.5. The molecular formula is C25H15Cl2N3O. The number of aromatic amines is 1. The molecule has 0 unspecified atom stereocenters. The molecule has 0 aliphatic rings. The van der Waals surface area contributed by atoms with Gasteiger partial charge in [-0.15, -0.1) is 0 Å². The van der Waals surface area contributed by atoms with Crippen molar-refractivity contribution in [3.8, 4) is 33.8 Å². The SMILES string of the molecule is O=c1[nH]c(-c2ccc(Cl)cc2)nc2nc(-c3ccc(Cl)cc3)cc(-c3ccccc3)c12. The molecule has 0 amide bonds. The number of H-pyrrole nitrogens is 1. The fraction of sp³-hybridized carbons (Fsp3) is 0. The van der Waals surface area contributed by atoms with Crippen molar-refractivity contribution in [1.82, 2.24) is 15.0 Å². The molecule has 0 bridgehead atoms. The second-order valence-electron chi connectivity index (χ2n) is 7.05. The number of hydrogen-bond donors (Lipinski definition) is 1. The van der Waals surface area contributed by atoms with Gasteiger partial charge in [-0.25, -0.2) is 9.97 Å². The molecule has 0 spiro atoms. The van der Waals surface area contributed by atoms with Crippen LogP contribution in [0.1, 0.15) is 0 Å². The van der Waals surface area contributed by atoms with Crippen LogP contribution in [0.5, 0.6) is 0 Å². The monoisotopic (exact) mass is 443 g/mol. The minimum atomic E-state index is -0.246. The van der Waals surface area contributed by atoms with Gasteiger partial charge in [0.2, 0.25) is 0 Å². The molecule has 5 aromatic rings. The summed E-state index contributed by atoms with van der Waals surface area (Å²) in [6, 6.07) is 26.2. The van der Waals surface area contributed by atoms with E-state index in [0.29, 0.717) is 32.6 Å². The maximum atomic E-state index is 13.1. The number of fused-ring (bicyclic) bond motifs is 1. The number of pyridine rings is 1. The second kappa shape index (κ2) is 7.99. The molecule has 1 N–H and O–H groups in total. The van der Waals surface area contributed by atoms with Crippen LogP contribution in [0.25, 0.3) is 44.8 Å². The Balaban J connectivity index is 1.80. The number of rotatable bonds is 3. The molecule has 0 saturated heterocycles. The molecule has 0 radical (unpaired) electrons. The molecule has 0 aliphatic carbocycles. The van der Waals surface area contributed by atoms with E-state index in [4.69, 9.17) is 33.2 Å². The quantitative estimate of drug-likeness (QED) is 0.340. The Morgan fingerprint density at radius 1 is 0.677 bits per heavy atom. The number of aromatic nitrogens is 3.